The summed E-state index contributed by atoms with van der Waals surface area (Å²) in [6.07, 6.45) is -0.0422. The Morgan fingerprint density at radius 2 is 1.71 bits per heavy atom. The van der Waals surface area contributed by atoms with Crippen LogP contribution in [-0.4, -0.2) is 15.2 Å². The maximum absolute atomic E-state index is 10.2. The first-order valence-electron chi connectivity index (χ1n) is 6.69. The van der Waals surface area contributed by atoms with Crippen LogP contribution in [0.2, 0.25) is 0 Å². The third-order valence-electron chi connectivity index (χ3n) is 3.25. The Balaban J connectivity index is 1.75. The van der Waals surface area contributed by atoms with Gasteiger partial charge in [0.1, 0.15) is 10.8 Å². The van der Waals surface area contributed by atoms with Crippen molar-refractivity contribution in [2.45, 2.75) is 12.5 Å². The highest BCUT2D eigenvalue weighted by Crippen LogP contribution is 2.27. The Labute approximate surface area is 127 Å². The summed E-state index contributed by atoms with van der Waals surface area (Å²) in [5.74, 6) is 0.245. The zero-order chi connectivity index (χ0) is 14.7. The fourth-order valence-corrected chi connectivity index (χ4v) is 2.97. The van der Waals surface area contributed by atoms with E-state index in [1.54, 1.807) is 23.5 Å². The molecule has 1 heterocycles. The topological polar surface area (TPSA) is 53.4 Å². The third-order valence-corrected chi connectivity index (χ3v) is 4.19. The quantitative estimate of drug-likeness (QED) is 0.770. The van der Waals surface area contributed by atoms with Gasteiger partial charge < -0.3 is 10.2 Å². The number of benzene rings is 2. The second-order valence-electron chi connectivity index (χ2n) is 4.82. The largest absolute Gasteiger partial charge is 0.508 e. The monoisotopic (exact) mass is 297 g/mol. The molecule has 0 radical (unpaired) electrons. The lowest BCUT2D eigenvalue weighted by Gasteiger charge is -2.08. The molecule has 0 aliphatic carbocycles. The molecule has 0 spiro atoms. The molecule has 1 aromatic heterocycles. The maximum Gasteiger partial charge on any atom is 0.123 e. The summed E-state index contributed by atoms with van der Waals surface area (Å²) in [5.41, 5.74) is 2.74. The second-order valence-corrected chi connectivity index (χ2v) is 5.68. The predicted octanol–water partition coefficient (Wildman–Crippen LogP) is 3.79. The SMILES string of the molecule is Oc1ccc(-c2nc(CC(O)c3ccccc3)cs2)cc1. The number of nitrogens with zero attached hydrogens (tertiary/aromatic N) is 1. The van der Waals surface area contributed by atoms with E-state index < -0.39 is 6.10 Å². The van der Waals surface area contributed by atoms with Gasteiger partial charge in [-0.3, -0.25) is 0 Å². The molecule has 0 saturated heterocycles. The van der Waals surface area contributed by atoms with Crippen LogP contribution in [-0.2, 0) is 6.42 Å². The minimum absolute atomic E-state index is 0.245. The van der Waals surface area contributed by atoms with Gasteiger partial charge in [0, 0.05) is 17.4 Å². The van der Waals surface area contributed by atoms with Crippen molar-refractivity contribution in [3.05, 3.63) is 71.2 Å². The van der Waals surface area contributed by atoms with Crippen molar-refractivity contribution in [2.24, 2.45) is 0 Å². The van der Waals surface area contributed by atoms with E-state index in [1.165, 1.54) is 0 Å². The van der Waals surface area contributed by atoms with Crippen LogP contribution in [0, 0.1) is 0 Å². The van der Waals surface area contributed by atoms with Gasteiger partial charge in [-0.15, -0.1) is 11.3 Å². The van der Waals surface area contributed by atoms with Crippen LogP contribution in [0.1, 0.15) is 17.4 Å². The number of phenols is 1. The van der Waals surface area contributed by atoms with E-state index in [-0.39, 0.29) is 5.75 Å². The van der Waals surface area contributed by atoms with Gasteiger partial charge in [0.2, 0.25) is 0 Å². The number of phenolic OH excluding ortho intramolecular Hbond substituents is 1. The summed E-state index contributed by atoms with van der Waals surface area (Å²) in [6, 6.07) is 16.6. The van der Waals surface area contributed by atoms with E-state index in [0.29, 0.717) is 6.42 Å². The van der Waals surface area contributed by atoms with Crippen LogP contribution >= 0.6 is 11.3 Å². The zero-order valence-electron chi connectivity index (χ0n) is 11.3. The Hall–Kier alpha value is -2.17. The van der Waals surface area contributed by atoms with Crippen molar-refractivity contribution in [3.8, 4) is 16.3 Å². The van der Waals surface area contributed by atoms with Crippen LogP contribution in [0.15, 0.2) is 60.0 Å². The van der Waals surface area contributed by atoms with Gasteiger partial charge in [0.05, 0.1) is 11.8 Å². The van der Waals surface area contributed by atoms with Gasteiger partial charge in [0.25, 0.3) is 0 Å². The Kier molecular flexibility index (Phi) is 3.99. The van der Waals surface area contributed by atoms with Crippen molar-refractivity contribution in [3.63, 3.8) is 0 Å². The molecule has 2 N–H and O–H groups in total. The fraction of sp³-hybridized carbons (Fsp3) is 0.118. The van der Waals surface area contributed by atoms with E-state index in [0.717, 1.165) is 21.8 Å². The summed E-state index contributed by atoms with van der Waals surface area (Å²) in [5, 5.41) is 22.4. The molecular weight excluding hydrogens is 282 g/mol. The number of aromatic nitrogens is 1. The van der Waals surface area contributed by atoms with E-state index in [1.807, 2.05) is 47.8 Å². The number of aliphatic hydroxyl groups is 1. The molecule has 0 aliphatic rings. The minimum atomic E-state index is -0.541. The molecule has 21 heavy (non-hydrogen) atoms. The summed E-state index contributed by atoms with van der Waals surface area (Å²) in [7, 11) is 0. The lowest BCUT2D eigenvalue weighted by molar-refractivity contribution is 0.177. The first-order chi connectivity index (χ1) is 10.2. The average molecular weight is 297 g/mol. The highest BCUT2D eigenvalue weighted by Gasteiger charge is 2.11. The summed E-state index contributed by atoms with van der Waals surface area (Å²) in [6.45, 7) is 0. The Bertz CT molecular complexity index is 707. The van der Waals surface area contributed by atoms with E-state index in [2.05, 4.69) is 4.98 Å². The van der Waals surface area contributed by atoms with Gasteiger partial charge in [0.15, 0.2) is 0 Å². The van der Waals surface area contributed by atoms with E-state index in [9.17, 15) is 10.2 Å². The van der Waals surface area contributed by atoms with Crippen LogP contribution in [0.25, 0.3) is 10.6 Å². The van der Waals surface area contributed by atoms with Gasteiger partial charge in [-0.25, -0.2) is 4.98 Å². The number of aromatic hydroxyl groups is 1. The van der Waals surface area contributed by atoms with Crippen LogP contribution in [0.3, 0.4) is 0 Å². The number of aliphatic hydroxyl groups excluding tert-OH is 1. The number of hydrogen-bond acceptors (Lipinski definition) is 4. The molecule has 2 aromatic carbocycles. The van der Waals surface area contributed by atoms with Crippen LogP contribution in [0.4, 0.5) is 0 Å². The molecule has 3 nitrogen and oxygen atoms in total. The van der Waals surface area contributed by atoms with Gasteiger partial charge >= 0.3 is 0 Å². The van der Waals surface area contributed by atoms with Gasteiger partial charge in [-0.1, -0.05) is 30.3 Å². The van der Waals surface area contributed by atoms with Crippen LogP contribution in [0.5, 0.6) is 5.75 Å². The van der Waals surface area contributed by atoms with Gasteiger partial charge in [-0.05, 0) is 29.8 Å². The lowest BCUT2D eigenvalue weighted by Crippen LogP contribution is -2.01. The molecule has 3 aromatic rings. The molecule has 1 atom stereocenters. The molecule has 106 valence electrons. The summed E-state index contributed by atoms with van der Waals surface area (Å²) < 4.78 is 0. The smallest absolute Gasteiger partial charge is 0.123 e. The standard InChI is InChI=1S/C17H15NO2S/c19-15-8-6-13(7-9-15)17-18-14(11-21-17)10-16(20)12-4-2-1-3-5-12/h1-9,11,16,19-20H,10H2. The number of rotatable bonds is 4. The molecule has 0 fully saturated rings. The predicted molar refractivity (Wildman–Crippen MR) is 84.3 cm³/mol. The molecule has 0 bridgehead atoms. The highest BCUT2D eigenvalue weighted by molar-refractivity contribution is 7.13. The van der Waals surface area contributed by atoms with Crippen molar-refractivity contribution >= 4 is 11.3 Å². The van der Waals surface area contributed by atoms with E-state index in [4.69, 9.17) is 0 Å². The zero-order valence-corrected chi connectivity index (χ0v) is 12.1. The summed E-state index contributed by atoms with van der Waals surface area (Å²) in [4.78, 5) is 4.55. The molecule has 0 amide bonds. The first kappa shape index (κ1) is 13.8. The molecular formula is C17H15NO2S. The number of hydrogen-bond donors (Lipinski definition) is 2. The first-order valence-corrected chi connectivity index (χ1v) is 7.57. The second kappa shape index (κ2) is 6.08. The van der Waals surface area contributed by atoms with Crippen molar-refractivity contribution in [2.75, 3.05) is 0 Å². The molecule has 0 aliphatic heterocycles. The molecule has 3 rings (SSSR count). The average Bonchev–Trinajstić information content (AvgIpc) is 2.97. The normalized spacial score (nSPS) is 12.2. The molecule has 1 unspecified atom stereocenters. The lowest BCUT2D eigenvalue weighted by atomic mass is 10.1. The van der Waals surface area contributed by atoms with Crippen molar-refractivity contribution in [1.82, 2.24) is 4.98 Å². The Morgan fingerprint density at radius 1 is 1.00 bits per heavy atom. The van der Waals surface area contributed by atoms with Crippen LogP contribution < -0.4 is 0 Å². The highest BCUT2D eigenvalue weighted by atomic mass is 32.1. The summed E-state index contributed by atoms with van der Waals surface area (Å²) >= 11 is 1.54. The van der Waals surface area contributed by atoms with E-state index >= 15 is 0 Å². The minimum Gasteiger partial charge on any atom is -0.508 e. The molecule has 0 saturated carbocycles. The van der Waals surface area contributed by atoms with Gasteiger partial charge in [-0.2, -0.15) is 0 Å². The maximum atomic E-state index is 10.2. The number of thiazole rings is 1. The third kappa shape index (κ3) is 3.29. The van der Waals surface area contributed by atoms with Crippen molar-refractivity contribution < 1.29 is 10.2 Å². The van der Waals surface area contributed by atoms with Crippen molar-refractivity contribution in [1.29, 1.82) is 0 Å². The molecule has 4 heteroatoms. The fourth-order valence-electron chi connectivity index (χ4n) is 2.13. The Morgan fingerprint density at radius 3 is 2.43 bits per heavy atom.